The Morgan fingerprint density at radius 3 is 2.66 bits per heavy atom. The van der Waals surface area contributed by atoms with E-state index in [0.29, 0.717) is 35.2 Å². The number of hydrogen-bond donors (Lipinski definition) is 1. The number of rotatable bonds is 5. The molecule has 0 spiro atoms. The van der Waals surface area contributed by atoms with Crippen molar-refractivity contribution in [2.75, 3.05) is 18.4 Å². The van der Waals surface area contributed by atoms with Gasteiger partial charge in [-0.15, -0.1) is 11.3 Å². The van der Waals surface area contributed by atoms with Gasteiger partial charge in [0.05, 0.1) is 14.2 Å². The fourth-order valence-electron chi connectivity index (χ4n) is 3.20. The number of nitrogens with one attached hydrogen (secondary N) is 1. The monoisotopic (exact) mass is 473 g/mol. The van der Waals surface area contributed by atoms with Crippen LogP contribution in [0.15, 0.2) is 40.4 Å². The fraction of sp³-hybridized carbons (Fsp3) is 0.333. The Morgan fingerprint density at radius 1 is 1.21 bits per heavy atom. The Bertz CT molecular complexity index is 1080. The zero-order valence-corrected chi connectivity index (χ0v) is 18.2. The summed E-state index contributed by atoms with van der Waals surface area (Å²) >= 11 is 13.4. The molecule has 7 nitrogen and oxygen atoms in total. The molecule has 1 saturated heterocycles. The van der Waals surface area contributed by atoms with E-state index in [9.17, 15) is 13.2 Å². The van der Waals surface area contributed by atoms with Gasteiger partial charge >= 0.3 is 0 Å². The average Bonchev–Trinajstić information content (AvgIpc) is 3.44. The molecule has 0 radical (unpaired) electrons. The topological polar surface area (TPSA) is 88.1 Å². The Hall–Kier alpha value is -1.65. The molecule has 0 aliphatic carbocycles. The minimum atomic E-state index is -3.70. The molecule has 4 rings (SSSR count). The zero-order chi connectivity index (χ0) is 20.6. The third kappa shape index (κ3) is 4.29. The van der Waals surface area contributed by atoms with Crippen LogP contribution >= 0.6 is 34.5 Å². The van der Waals surface area contributed by atoms with Gasteiger partial charge in [0, 0.05) is 25.2 Å². The summed E-state index contributed by atoms with van der Waals surface area (Å²) in [5.41, 5.74) is 0.976. The molecule has 154 valence electrons. The summed E-state index contributed by atoms with van der Waals surface area (Å²) in [6.07, 6.45) is 1.14. The van der Waals surface area contributed by atoms with Crippen LogP contribution in [-0.4, -0.2) is 43.5 Å². The van der Waals surface area contributed by atoms with Gasteiger partial charge < -0.3 is 10.2 Å². The van der Waals surface area contributed by atoms with E-state index in [4.69, 9.17) is 28.0 Å². The summed E-state index contributed by atoms with van der Waals surface area (Å²) in [4.78, 5) is 18.7. The van der Waals surface area contributed by atoms with E-state index >= 15 is 0 Å². The van der Waals surface area contributed by atoms with Crippen LogP contribution in [0.2, 0.25) is 9.36 Å². The predicted molar refractivity (Wildman–Crippen MR) is 113 cm³/mol. The summed E-state index contributed by atoms with van der Waals surface area (Å²) in [5.74, 6) is -0.418. The van der Waals surface area contributed by atoms with E-state index in [2.05, 4.69) is 10.5 Å². The molecular formula is C18H17Cl2N3O4S2. The van der Waals surface area contributed by atoms with Crippen LogP contribution in [0.1, 0.15) is 24.1 Å². The van der Waals surface area contributed by atoms with Crippen molar-refractivity contribution in [3.05, 3.63) is 44.6 Å². The van der Waals surface area contributed by atoms with Crippen molar-refractivity contribution in [1.29, 1.82) is 0 Å². The molecule has 0 saturated carbocycles. The Kier molecular flexibility index (Phi) is 5.85. The molecule has 1 N–H and O–H groups in total. The number of benzene rings is 1. The molecule has 1 atom stereocenters. The first-order chi connectivity index (χ1) is 13.8. The normalized spacial score (nSPS) is 19.8. The van der Waals surface area contributed by atoms with Gasteiger partial charge in [-0.05, 0) is 43.2 Å². The molecule has 29 heavy (non-hydrogen) atoms. The maximum Gasteiger partial charge on any atom is 0.268 e. The van der Waals surface area contributed by atoms with Gasteiger partial charge in [0.25, 0.3) is 5.91 Å². The van der Waals surface area contributed by atoms with E-state index in [-0.39, 0.29) is 9.92 Å². The standard InChI is InChI=1S/C18H17Cl2N3O4S2/c19-12-4-3-11(9-16(12)29(25,26)23-7-1-2-8-23)21-18(24)14-10-13(22-27-14)15-5-6-17(20)28-15/h3-6,9,14H,1-2,7-8,10H2,(H,21,24). The lowest BCUT2D eigenvalue weighted by molar-refractivity contribution is -0.125. The van der Waals surface area contributed by atoms with E-state index < -0.39 is 22.0 Å². The number of amides is 1. The molecule has 1 amide bonds. The minimum absolute atomic E-state index is 0.0172. The number of halogens is 2. The quantitative estimate of drug-likeness (QED) is 0.711. The van der Waals surface area contributed by atoms with Crippen molar-refractivity contribution in [2.24, 2.45) is 5.16 Å². The summed E-state index contributed by atoms with van der Waals surface area (Å²) in [6.45, 7) is 0.941. The SMILES string of the molecule is O=C(Nc1ccc(Cl)c(S(=O)(=O)N2CCCC2)c1)C1CC(c2ccc(Cl)s2)=NO1. The molecule has 1 aromatic heterocycles. The molecule has 3 heterocycles. The van der Waals surface area contributed by atoms with E-state index in [1.54, 1.807) is 12.1 Å². The molecule has 1 aromatic carbocycles. The molecule has 0 bridgehead atoms. The fourth-order valence-corrected chi connectivity index (χ4v) is 6.25. The van der Waals surface area contributed by atoms with Crippen LogP contribution in [0.25, 0.3) is 0 Å². The number of sulfonamides is 1. The molecule has 1 fully saturated rings. The second kappa shape index (κ2) is 8.23. The molecule has 2 aromatic rings. The summed E-state index contributed by atoms with van der Waals surface area (Å²) in [7, 11) is -3.70. The van der Waals surface area contributed by atoms with Crippen molar-refractivity contribution in [2.45, 2.75) is 30.3 Å². The second-order valence-corrected chi connectivity index (χ2v) is 10.7. The van der Waals surface area contributed by atoms with E-state index in [1.807, 2.05) is 6.07 Å². The summed E-state index contributed by atoms with van der Waals surface area (Å²) in [6, 6.07) is 7.98. The highest BCUT2D eigenvalue weighted by Gasteiger charge is 2.31. The molecule has 2 aliphatic rings. The third-order valence-corrected chi connectivity index (χ3v) is 8.36. The van der Waals surface area contributed by atoms with Crippen LogP contribution < -0.4 is 5.32 Å². The lowest BCUT2D eigenvalue weighted by Crippen LogP contribution is -2.29. The van der Waals surface area contributed by atoms with Crippen molar-refractivity contribution in [3.8, 4) is 0 Å². The van der Waals surface area contributed by atoms with Gasteiger partial charge in [-0.3, -0.25) is 4.79 Å². The summed E-state index contributed by atoms with van der Waals surface area (Å²) in [5, 5.41) is 6.78. The van der Waals surface area contributed by atoms with Gasteiger partial charge in [0.15, 0.2) is 0 Å². The maximum atomic E-state index is 12.8. The number of oxime groups is 1. The van der Waals surface area contributed by atoms with Crippen LogP contribution in [0, 0.1) is 0 Å². The zero-order valence-electron chi connectivity index (χ0n) is 15.1. The Morgan fingerprint density at radius 2 is 1.97 bits per heavy atom. The maximum absolute atomic E-state index is 12.8. The molecule has 2 aliphatic heterocycles. The van der Waals surface area contributed by atoms with Crippen LogP contribution in [0.5, 0.6) is 0 Å². The highest BCUT2D eigenvalue weighted by molar-refractivity contribution is 7.89. The number of carbonyl (C=O) groups is 1. The van der Waals surface area contributed by atoms with E-state index in [0.717, 1.165) is 17.7 Å². The van der Waals surface area contributed by atoms with Gasteiger partial charge in [0.2, 0.25) is 16.1 Å². The van der Waals surface area contributed by atoms with E-state index in [1.165, 1.54) is 27.8 Å². The first-order valence-corrected chi connectivity index (χ1v) is 11.9. The number of anilines is 1. The van der Waals surface area contributed by atoms with Gasteiger partial charge in [-0.2, -0.15) is 4.31 Å². The Balaban J connectivity index is 1.47. The molecule has 1 unspecified atom stereocenters. The van der Waals surface area contributed by atoms with Crippen LogP contribution in [0.3, 0.4) is 0 Å². The van der Waals surface area contributed by atoms with Crippen molar-refractivity contribution in [1.82, 2.24) is 4.31 Å². The molecular weight excluding hydrogens is 457 g/mol. The third-order valence-electron chi connectivity index (χ3n) is 4.70. The lowest BCUT2D eigenvalue weighted by atomic mass is 10.1. The van der Waals surface area contributed by atoms with Crippen molar-refractivity contribution >= 4 is 61.9 Å². The lowest BCUT2D eigenvalue weighted by Gasteiger charge is -2.17. The number of hydrogen-bond acceptors (Lipinski definition) is 6. The largest absolute Gasteiger partial charge is 0.382 e. The highest BCUT2D eigenvalue weighted by Crippen LogP contribution is 2.30. The van der Waals surface area contributed by atoms with Gasteiger partial charge in [-0.1, -0.05) is 28.4 Å². The molecule has 11 heteroatoms. The minimum Gasteiger partial charge on any atom is -0.382 e. The number of carbonyl (C=O) groups excluding carboxylic acids is 1. The predicted octanol–water partition coefficient (Wildman–Crippen LogP) is 3.97. The van der Waals surface area contributed by atoms with Gasteiger partial charge in [0.1, 0.15) is 10.6 Å². The summed E-state index contributed by atoms with van der Waals surface area (Å²) < 4.78 is 27.7. The highest BCUT2D eigenvalue weighted by atomic mass is 35.5. The average molecular weight is 474 g/mol. The first-order valence-electron chi connectivity index (χ1n) is 8.93. The van der Waals surface area contributed by atoms with Crippen molar-refractivity contribution in [3.63, 3.8) is 0 Å². The second-order valence-electron chi connectivity index (χ2n) is 6.69. The smallest absolute Gasteiger partial charge is 0.268 e. The van der Waals surface area contributed by atoms with Crippen molar-refractivity contribution < 1.29 is 18.0 Å². The Labute approximate surface area is 182 Å². The van der Waals surface area contributed by atoms with Gasteiger partial charge in [-0.25, -0.2) is 8.42 Å². The van der Waals surface area contributed by atoms with Crippen LogP contribution in [0.4, 0.5) is 5.69 Å². The number of thiophene rings is 1. The first kappa shape index (κ1) is 20.6. The number of nitrogens with zero attached hydrogens (tertiary/aromatic N) is 2. The van der Waals surface area contributed by atoms with Crippen LogP contribution in [-0.2, 0) is 19.7 Å².